The molecule has 0 spiro atoms. The minimum Gasteiger partial charge on any atom is -0.489 e. The molecule has 2 amide bonds. The maximum atomic E-state index is 12.3. The molecule has 0 saturated carbocycles. The van der Waals surface area contributed by atoms with Crippen molar-refractivity contribution in [2.45, 2.75) is 25.5 Å². The van der Waals surface area contributed by atoms with Gasteiger partial charge in [0, 0.05) is 42.0 Å². The number of piperidine rings is 1. The number of nitrogens with one attached hydrogen (secondary N) is 2. The lowest BCUT2D eigenvalue weighted by molar-refractivity contribution is -0.133. The van der Waals surface area contributed by atoms with Crippen molar-refractivity contribution in [1.29, 1.82) is 0 Å². The second-order valence-electron chi connectivity index (χ2n) is 7.80. The molecule has 2 N–H and O–H groups in total. The first-order chi connectivity index (χ1) is 15.6. The third-order valence-electron chi connectivity index (χ3n) is 5.34. The monoisotopic (exact) mass is 434 g/mol. The SMILES string of the molecule is CN1CCC(n2ccc(NC(=O)C(=O)Nc3cccc(OCc4cccnc4)c3)n2)CC1. The molecule has 0 atom stereocenters. The van der Waals surface area contributed by atoms with E-state index in [1.165, 1.54) is 0 Å². The number of hydrogen-bond donors (Lipinski definition) is 2. The predicted octanol–water partition coefficient (Wildman–Crippen LogP) is 2.70. The highest BCUT2D eigenvalue weighted by Crippen LogP contribution is 2.22. The molecule has 0 aliphatic carbocycles. The molecule has 0 radical (unpaired) electrons. The summed E-state index contributed by atoms with van der Waals surface area (Å²) in [7, 11) is 2.10. The van der Waals surface area contributed by atoms with Crippen LogP contribution >= 0.6 is 0 Å². The Morgan fingerprint density at radius 2 is 1.91 bits per heavy atom. The average molecular weight is 435 g/mol. The van der Waals surface area contributed by atoms with Crippen molar-refractivity contribution in [1.82, 2.24) is 19.7 Å². The van der Waals surface area contributed by atoms with Crippen LogP contribution in [0.1, 0.15) is 24.4 Å². The Balaban J connectivity index is 1.30. The van der Waals surface area contributed by atoms with Crippen LogP contribution in [0.15, 0.2) is 61.1 Å². The highest BCUT2D eigenvalue weighted by atomic mass is 16.5. The normalized spacial score (nSPS) is 14.7. The van der Waals surface area contributed by atoms with Gasteiger partial charge in [0.25, 0.3) is 0 Å². The number of likely N-dealkylation sites (tertiary alicyclic amines) is 1. The molecule has 0 unspecified atom stereocenters. The number of ether oxygens (including phenoxy) is 1. The molecule has 9 nitrogen and oxygen atoms in total. The molecule has 3 aromatic rings. The molecule has 32 heavy (non-hydrogen) atoms. The third-order valence-corrected chi connectivity index (χ3v) is 5.34. The zero-order valence-electron chi connectivity index (χ0n) is 17.9. The van der Waals surface area contributed by atoms with Crippen LogP contribution in [0.25, 0.3) is 0 Å². The number of amides is 2. The first-order valence-corrected chi connectivity index (χ1v) is 10.5. The molecular formula is C23H26N6O3. The molecule has 4 rings (SSSR count). The number of pyridine rings is 1. The lowest BCUT2D eigenvalue weighted by Gasteiger charge is -2.28. The Hall–Kier alpha value is -3.72. The highest BCUT2D eigenvalue weighted by Gasteiger charge is 2.20. The predicted molar refractivity (Wildman–Crippen MR) is 120 cm³/mol. The van der Waals surface area contributed by atoms with Crippen molar-refractivity contribution in [3.63, 3.8) is 0 Å². The van der Waals surface area contributed by atoms with Crippen LogP contribution < -0.4 is 15.4 Å². The average Bonchev–Trinajstić information content (AvgIpc) is 3.27. The summed E-state index contributed by atoms with van der Waals surface area (Å²) >= 11 is 0. The zero-order chi connectivity index (χ0) is 22.3. The number of anilines is 2. The van der Waals surface area contributed by atoms with Crippen LogP contribution in [0.3, 0.4) is 0 Å². The van der Waals surface area contributed by atoms with Gasteiger partial charge < -0.3 is 20.3 Å². The van der Waals surface area contributed by atoms with E-state index in [4.69, 9.17) is 4.74 Å². The van der Waals surface area contributed by atoms with Gasteiger partial charge in [-0.1, -0.05) is 12.1 Å². The van der Waals surface area contributed by atoms with Crippen LogP contribution in [0, 0.1) is 0 Å². The van der Waals surface area contributed by atoms with Gasteiger partial charge in [0.05, 0.1) is 6.04 Å². The topological polar surface area (TPSA) is 101 Å². The van der Waals surface area contributed by atoms with Crippen molar-refractivity contribution in [3.05, 3.63) is 66.6 Å². The number of carbonyl (C=O) groups excluding carboxylic acids is 2. The zero-order valence-corrected chi connectivity index (χ0v) is 17.9. The Bertz CT molecular complexity index is 1060. The number of hydrogen-bond acceptors (Lipinski definition) is 6. The standard InChI is InChI=1S/C23H26N6O3/c1-28-11-7-19(8-12-28)29-13-9-21(27-29)26-23(31)22(30)25-18-5-2-6-20(14-18)32-16-17-4-3-10-24-15-17/h2-6,9-10,13-15,19H,7-8,11-12,16H2,1H3,(H,25,30)(H,26,27,31). The van der Waals surface area contributed by atoms with Crippen molar-refractivity contribution >= 4 is 23.3 Å². The first-order valence-electron chi connectivity index (χ1n) is 10.5. The number of nitrogens with zero attached hydrogens (tertiary/aromatic N) is 4. The number of benzene rings is 1. The van der Waals surface area contributed by atoms with Crippen molar-refractivity contribution in [3.8, 4) is 5.75 Å². The summed E-state index contributed by atoms with van der Waals surface area (Å²) in [4.78, 5) is 31.0. The second kappa shape index (κ2) is 10.1. The van der Waals surface area contributed by atoms with E-state index in [2.05, 4.69) is 32.7 Å². The van der Waals surface area contributed by atoms with Crippen LogP contribution in [0.4, 0.5) is 11.5 Å². The number of aromatic nitrogens is 3. The second-order valence-corrected chi connectivity index (χ2v) is 7.80. The summed E-state index contributed by atoms with van der Waals surface area (Å²) in [5.74, 6) is -0.620. The molecular weight excluding hydrogens is 408 g/mol. The molecule has 2 aromatic heterocycles. The molecule has 3 heterocycles. The van der Waals surface area contributed by atoms with Gasteiger partial charge in [-0.3, -0.25) is 19.3 Å². The number of rotatable bonds is 6. The lowest BCUT2D eigenvalue weighted by atomic mass is 10.1. The van der Waals surface area contributed by atoms with Crippen molar-refractivity contribution in [2.24, 2.45) is 0 Å². The molecule has 1 aromatic carbocycles. The molecule has 1 saturated heterocycles. The van der Waals surface area contributed by atoms with Crippen LogP contribution in [0.2, 0.25) is 0 Å². The lowest BCUT2D eigenvalue weighted by Crippen LogP contribution is -2.32. The van der Waals surface area contributed by atoms with Crippen molar-refractivity contribution < 1.29 is 14.3 Å². The minimum absolute atomic E-state index is 0.306. The molecule has 0 bridgehead atoms. The maximum absolute atomic E-state index is 12.3. The van der Waals surface area contributed by atoms with Gasteiger partial charge in [0.15, 0.2) is 5.82 Å². The van der Waals surface area contributed by atoms with Crippen molar-refractivity contribution in [2.75, 3.05) is 30.8 Å². The maximum Gasteiger partial charge on any atom is 0.315 e. The first kappa shape index (κ1) is 21.5. The van der Waals surface area contributed by atoms with E-state index in [1.807, 2.05) is 23.0 Å². The van der Waals surface area contributed by atoms with Gasteiger partial charge in [0.2, 0.25) is 0 Å². The Kier molecular flexibility index (Phi) is 6.76. The van der Waals surface area contributed by atoms with E-state index < -0.39 is 11.8 Å². The Morgan fingerprint density at radius 1 is 1.09 bits per heavy atom. The molecule has 1 fully saturated rings. The summed E-state index contributed by atoms with van der Waals surface area (Å²) in [6.07, 6.45) is 7.27. The quantitative estimate of drug-likeness (QED) is 0.579. The van der Waals surface area contributed by atoms with E-state index in [9.17, 15) is 9.59 Å². The van der Waals surface area contributed by atoms with Gasteiger partial charge in [-0.25, -0.2) is 0 Å². The van der Waals surface area contributed by atoms with E-state index in [0.29, 0.717) is 29.9 Å². The van der Waals surface area contributed by atoms with Gasteiger partial charge in [-0.2, -0.15) is 5.10 Å². The summed E-state index contributed by atoms with van der Waals surface area (Å²) in [6.45, 7) is 2.38. The van der Waals surface area contributed by atoms with E-state index in [-0.39, 0.29) is 0 Å². The Morgan fingerprint density at radius 3 is 2.69 bits per heavy atom. The van der Waals surface area contributed by atoms with E-state index >= 15 is 0 Å². The molecule has 1 aliphatic rings. The summed E-state index contributed by atoms with van der Waals surface area (Å²) in [5.41, 5.74) is 1.40. The smallest absolute Gasteiger partial charge is 0.315 e. The van der Waals surface area contributed by atoms with Gasteiger partial charge >= 0.3 is 11.8 Å². The van der Waals surface area contributed by atoms with E-state index in [0.717, 1.165) is 31.5 Å². The minimum atomic E-state index is -0.777. The van der Waals surface area contributed by atoms with Gasteiger partial charge in [-0.05, 0) is 51.2 Å². The summed E-state index contributed by atoms with van der Waals surface area (Å²) in [6, 6.07) is 12.6. The van der Waals surface area contributed by atoms with Crippen LogP contribution in [0.5, 0.6) is 5.75 Å². The Labute approximate surface area is 186 Å². The third kappa shape index (κ3) is 5.70. The fourth-order valence-corrected chi connectivity index (χ4v) is 3.54. The molecule has 166 valence electrons. The highest BCUT2D eigenvalue weighted by molar-refractivity contribution is 6.43. The van der Waals surface area contributed by atoms with Crippen LogP contribution in [-0.2, 0) is 16.2 Å². The van der Waals surface area contributed by atoms with E-state index in [1.54, 1.807) is 42.7 Å². The molecule has 9 heteroatoms. The fraction of sp³-hybridized carbons (Fsp3) is 0.304. The molecule has 1 aliphatic heterocycles. The summed E-state index contributed by atoms with van der Waals surface area (Å²) < 4.78 is 7.59. The van der Waals surface area contributed by atoms with Gasteiger partial charge in [0.1, 0.15) is 12.4 Å². The number of carbonyl (C=O) groups is 2. The van der Waals surface area contributed by atoms with Gasteiger partial charge in [-0.15, -0.1) is 0 Å². The fourth-order valence-electron chi connectivity index (χ4n) is 3.54. The van der Waals surface area contributed by atoms with Crippen LogP contribution in [-0.4, -0.2) is 51.6 Å². The summed E-state index contributed by atoms with van der Waals surface area (Å²) in [5, 5.41) is 9.57. The largest absolute Gasteiger partial charge is 0.489 e.